The Morgan fingerprint density at radius 3 is 2.45 bits per heavy atom. The Labute approximate surface area is 191 Å². The number of hydrogen-bond acceptors (Lipinski definition) is 5. The molecule has 33 heavy (non-hydrogen) atoms. The van der Waals surface area contributed by atoms with Gasteiger partial charge < -0.3 is 25.4 Å². The molecule has 9 heteroatoms. The molecule has 1 aliphatic rings. The van der Waals surface area contributed by atoms with Crippen molar-refractivity contribution in [3.8, 4) is 0 Å². The predicted octanol–water partition coefficient (Wildman–Crippen LogP) is 2.72. The molecule has 3 unspecified atom stereocenters. The highest BCUT2D eigenvalue weighted by atomic mass is 16.5. The average molecular weight is 453 g/mol. The second-order valence-corrected chi connectivity index (χ2v) is 7.99. The number of urea groups is 1. The lowest BCUT2D eigenvalue weighted by molar-refractivity contribution is -0.149. The fourth-order valence-corrected chi connectivity index (χ4v) is 4.11. The van der Waals surface area contributed by atoms with E-state index in [0.717, 1.165) is 11.1 Å². The van der Waals surface area contributed by atoms with Crippen LogP contribution in [0.3, 0.4) is 0 Å². The first-order valence-electron chi connectivity index (χ1n) is 10.6. The maximum atomic E-state index is 13.2. The second-order valence-electron chi connectivity index (χ2n) is 7.99. The third-order valence-electron chi connectivity index (χ3n) is 5.50. The molecule has 1 aliphatic heterocycles. The molecule has 0 bridgehead atoms. The summed E-state index contributed by atoms with van der Waals surface area (Å²) in [6, 6.07) is 13.9. The van der Waals surface area contributed by atoms with Crippen molar-refractivity contribution in [2.24, 2.45) is 5.92 Å². The number of carbonyl (C=O) groups excluding carboxylic acids is 3. The molecule has 1 saturated heterocycles. The van der Waals surface area contributed by atoms with Crippen LogP contribution in [0, 0.1) is 12.8 Å². The largest absolute Gasteiger partial charge is 0.480 e. The number of nitrogens with zero attached hydrogens (tertiary/aromatic N) is 1. The van der Waals surface area contributed by atoms with E-state index in [-0.39, 0.29) is 19.6 Å². The molecule has 3 amide bonds. The number of carboxylic acid groups (broad SMARTS) is 1. The van der Waals surface area contributed by atoms with E-state index in [9.17, 15) is 24.3 Å². The van der Waals surface area contributed by atoms with Crippen LogP contribution >= 0.6 is 0 Å². The highest BCUT2D eigenvalue weighted by Gasteiger charge is 2.48. The van der Waals surface area contributed by atoms with Gasteiger partial charge in [-0.25, -0.2) is 9.59 Å². The van der Waals surface area contributed by atoms with Crippen LogP contribution < -0.4 is 10.6 Å². The number of carboxylic acids is 1. The Balaban J connectivity index is 1.77. The third-order valence-corrected chi connectivity index (χ3v) is 5.50. The van der Waals surface area contributed by atoms with Crippen molar-refractivity contribution in [1.82, 2.24) is 10.2 Å². The van der Waals surface area contributed by atoms with Gasteiger partial charge in [0.05, 0.1) is 19.2 Å². The van der Waals surface area contributed by atoms with E-state index in [1.807, 2.05) is 19.1 Å². The third kappa shape index (κ3) is 6.09. The summed E-state index contributed by atoms with van der Waals surface area (Å²) in [4.78, 5) is 50.0. The number of nitrogens with one attached hydrogen (secondary N) is 2. The van der Waals surface area contributed by atoms with Crippen LogP contribution in [0.1, 0.15) is 30.5 Å². The number of anilines is 1. The summed E-state index contributed by atoms with van der Waals surface area (Å²) in [5, 5.41) is 14.9. The molecule has 0 spiro atoms. The Morgan fingerprint density at radius 2 is 1.82 bits per heavy atom. The molecular formula is C24H27N3O6. The fraction of sp³-hybridized carbons (Fsp3) is 0.333. The number of amides is 3. The number of benzene rings is 2. The van der Waals surface area contributed by atoms with Crippen LogP contribution in [-0.2, 0) is 19.1 Å². The molecule has 0 radical (unpaired) electrons. The number of esters is 1. The van der Waals surface area contributed by atoms with Gasteiger partial charge in [-0.15, -0.1) is 0 Å². The number of ether oxygens (including phenoxy) is 1. The molecule has 2 aromatic carbocycles. The molecule has 0 aliphatic carbocycles. The average Bonchev–Trinajstić information content (AvgIpc) is 3.16. The number of rotatable bonds is 7. The first-order valence-corrected chi connectivity index (χ1v) is 10.6. The fourth-order valence-electron chi connectivity index (χ4n) is 4.11. The number of likely N-dealkylation sites (tertiary alicyclic amines) is 1. The van der Waals surface area contributed by atoms with Crippen molar-refractivity contribution in [1.29, 1.82) is 0 Å². The van der Waals surface area contributed by atoms with Crippen molar-refractivity contribution in [3.05, 3.63) is 65.7 Å². The van der Waals surface area contributed by atoms with Gasteiger partial charge in [0.2, 0.25) is 5.91 Å². The minimum atomic E-state index is -1.15. The van der Waals surface area contributed by atoms with Gasteiger partial charge in [-0.05, 0) is 36.6 Å². The first-order chi connectivity index (χ1) is 15.8. The summed E-state index contributed by atoms with van der Waals surface area (Å²) in [6.07, 6.45) is 0.128. The zero-order valence-corrected chi connectivity index (χ0v) is 18.5. The lowest BCUT2D eigenvalue weighted by Crippen LogP contribution is -2.47. The van der Waals surface area contributed by atoms with Crippen LogP contribution in [0.4, 0.5) is 10.5 Å². The van der Waals surface area contributed by atoms with E-state index in [0.29, 0.717) is 5.69 Å². The lowest BCUT2D eigenvalue weighted by atomic mass is 9.93. The summed E-state index contributed by atoms with van der Waals surface area (Å²) in [6.45, 7) is 2.78. The van der Waals surface area contributed by atoms with Crippen molar-refractivity contribution < 1.29 is 29.0 Å². The Kier molecular flexibility index (Phi) is 7.66. The number of aryl methyl sites for hydroxylation is 1. The Morgan fingerprint density at radius 1 is 1.09 bits per heavy atom. The predicted molar refractivity (Wildman–Crippen MR) is 120 cm³/mol. The second kappa shape index (κ2) is 10.6. The van der Waals surface area contributed by atoms with E-state index in [4.69, 9.17) is 4.74 Å². The zero-order valence-electron chi connectivity index (χ0n) is 18.5. The molecule has 2 aromatic rings. The number of carbonyl (C=O) groups is 4. The SMILES string of the molecule is CC(=O)OCC1CC(C(=O)O)N(C(=O)CNC(=O)Nc2cccc(C)c2)C1c1ccccc1. The highest BCUT2D eigenvalue weighted by Crippen LogP contribution is 2.41. The van der Waals surface area contributed by atoms with E-state index < -0.39 is 41.9 Å². The van der Waals surface area contributed by atoms with Crippen molar-refractivity contribution in [2.45, 2.75) is 32.4 Å². The van der Waals surface area contributed by atoms with Crippen LogP contribution in [0.25, 0.3) is 0 Å². The van der Waals surface area contributed by atoms with E-state index >= 15 is 0 Å². The van der Waals surface area contributed by atoms with Gasteiger partial charge in [-0.1, -0.05) is 42.5 Å². The van der Waals surface area contributed by atoms with E-state index in [1.54, 1.807) is 42.5 Å². The maximum Gasteiger partial charge on any atom is 0.326 e. The standard InChI is InChI=1S/C24H27N3O6/c1-15-7-6-10-19(11-15)26-24(32)25-13-21(29)27-20(23(30)31)12-18(14-33-16(2)28)22(27)17-8-4-3-5-9-17/h3-11,18,20,22H,12-14H2,1-2H3,(H,30,31)(H2,25,26,32). The molecule has 3 atom stereocenters. The summed E-state index contributed by atoms with van der Waals surface area (Å²) in [7, 11) is 0. The van der Waals surface area contributed by atoms with Crippen LogP contribution in [0.2, 0.25) is 0 Å². The van der Waals surface area contributed by atoms with Gasteiger partial charge >= 0.3 is 18.0 Å². The molecular weight excluding hydrogens is 426 g/mol. The van der Waals surface area contributed by atoms with Crippen molar-refractivity contribution >= 4 is 29.6 Å². The molecule has 0 saturated carbocycles. The van der Waals surface area contributed by atoms with Crippen LogP contribution in [-0.4, -0.2) is 53.1 Å². The number of aliphatic carboxylic acids is 1. The Bertz CT molecular complexity index is 1030. The number of hydrogen-bond donors (Lipinski definition) is 3. The van der Waals surface area contributed by atoms with Crippen LogP contribution in [0.15, 0.2) is 54.6 Å². The maximum absolute atomic E-state index is 13.2. The van der Waals surface area contributed by atoms with Gasteiger partial charge in [0.15, 0.2) is 0 Å². The van der Waals surface area contributed by atoms with Crippen LogP contribution in [0.5, 0.6) is 0 Å². The monoisotopic (exact) mass is 453 g/mol. The minimum Gasteiger partial charge on any atom is -0.480 e. The minimum absolute atomic E-state index is 0.0102. The zero-order chi connectivity index (χ0) is 24.0. The molecule has 1 fully saturated rings. The van der Waals surface area contributed by atoms with Gasteiger partial charge in [0, 0.05) is 18.5 Å². The molecule has 0 aromatic heterocycles. The Hall–Kier alpha value is -3.88. The van der Waals surface area contributed by atoms with Gasteiger partial charge in [0.1, 0.15) is 6.04 Å². The summed E-state index contributed by atoms with van der Waals surface area (Å²) >= 11 is 0. The van der Waals surface area contributed by atoms with Crippen molar-refractivity contribution in [2.75, 3.05) is 18.5 Å². The molecule has 9 nitrogen and oxygen atoms in total. The normalized spacial score (nSPS) is 19.6. The van der Waals surface area contributed by atoms with E-state index in [1.165, 1.54) is 11.8 Å². The summed E-state index contributed by atoms with van der Waals surface area (Å²) in [5.41, 5.74) is 2.28. The highest BCUT2D eigenvalue weighted by molar-refractivity contribution is 5.93. The smallest absolute Gasteiger partial charge is 0.326 e. The molecule has 3 rings (SSSR count). The lowest BCUT2D eigenvalue weighted by Gasteiger charge is -2.30. The summed E-state index contributed by atoms with van der Waals surface area (Å²) in [5.74, 6) is -2.57. The molecule has 174 valence electrons. The molecule has 3 N–H and O–H groups in total. The van der Waals surface area contributed by atoms with E-state index in [2.05, 4.69) is 10.6 Å². The topological polar surface area (TPSA) is 125 Å². The first kappa shape index (κ1) is 23.8. The van der Waals surface area contributed by atoms with Crippen molar-refractivity contribution in [3.63, 3.8) is 0 Å². The van der Waals surface area contributed by atoms with Gasteiger partial charge in [-0.2, -0.15) is 0 Å². The van der Waals surface area contributed by atoms with Gasteiger partial charge in [0.25, 0.3) is 0 Å². The van der Waals surface area contributed by atoms with Gasteiger partial charge in [-0.3, -0.25) is 9.59 Å². The molecule has 1 heterocycles. The quantitative estimate of drug-likeness (QED) is 0.554. The summed E-state index contributed by atoms with van der Waals surface area (Å²) < 4.78 is 5.16.